The van der Waals surface area contributed by atoms with Crippen LogP contribution >= 0.6 is 0 Å². The second-order valence-electron chi connectivity index (χ2n) is 9.03. The number of benzene rings is 1. The van der Waals surface area contributed by atoms with Crippen LogP contribution in [0.4, 0.5) is 0 Å². The number of amides is 1. The highest BCUT2D eigenvalue weighted by molar-refractivity contribution is 6.08. The fourth-order valence-corrected chi connectivity index (χ4v) is 4.97. The van der Waals surface area contributed by atoms with E-state index in [0.29, 0.717) is 34.4 Å². The Hall–Kier alpha value is -3.06. The molecule has 7 heteroatoms. The van der Waals surface area contributed by atoms with Crippen LogP contribution in [0.5, 0.6) is 5.75 Å². The molecule has 7 nitrogen and oxygen atoms in total. The van der Waals surface area contributed by atoms with Gasteiger partial charge in [-0.1, -0.05) is 25.1 Å². The Morgan fingerprint density at radius 3 is 2.73 bits per heavy atom. The Kier molecular flexibility index (Phi) is 6.88. The Balaban J connectivity index is 1.61. The minimum Gasteiger partial charge on any atom is -0.496 e. The molecule has 0 aliphatic carbocycles. The molecule has 1 atom stereocenters. The van der Waals surface area contributed by atoms with E-state index >= 15 is 0 Å². The molecule has 3 aromatic rings. The number of fused-ring (bicyclic) bond motifs is 1. The number of para-hydroxylation sites is 1. The molecular formula is C26H33N3O4. The molecule has 4 rings (SSSR count). The smallest absolute Gasteiger partial charge is 0.256 e. The molecule has 1 amide bonds. The van der Waals surface area contributed by atoms with Crippen molar-refractivity contribution in [2.45, 2.75) is 46.7 Å². The number of hydrogen-bond acceptors (Lipinski definition) is 4. The SMILES string of the molecule is COc1cc(C)[nH]c(=O)c1CNC(=O)c1c(C)n(CC(C)C2CCOCC2)c2ccccc12. The number of carbonyl (C=O) groups is 1. The third-order valence-corrected chi connectivity index (χ3v) is 6.87. The van der Waals surface area contributed by atoms with E-state index in [4.69, 9.17) is 9.47 Å². The largest absolute Gasteiger partial charge is 0.496 e. The van der Waals surface area contributed by atoms with E-state index in [2.05, 4.69) is 27.9 Å². The van der Waals surface area contributed by atoms with Crippen LogP contribution in [0.3, 0.4) is 0 Å². The topological polar surface area (TPSA) is 85.4 Å². The third-order valence-electron chi connectivity index (χ3n) is 6.87. The van der Waals surface area contributed by atoms with E-state index in [1.165, 1.54) is 7.11 Å². The first-order valence-electron chi connectivity index (χ1n) is 11.6. The monoisotopic (exact) mass is 451 g/mol. The van der Waals surface area contributed by atoms with Gasteiger partial charge in [-0.25, -0.2) is 0 Å². The maximum atomic E-state index is 13.3. The number of hydrogen-bond donors (Lipinski definition) is 2. The van der Waals surface area contributed by atoms with Crippen LogP contribution in [-0.4, -0.2) is 35.8 Å². The van der Waals surface area contributed by atoms with E-state index in [-0.39, 0.29) is 18.0 Å². The summed E-state index contributed by atoms with van der Waals surface area (Å²) in [5, 5.41) is 3.87. The molecule has 33 heavy (non-hydrogen) atoms. The van der Waals surface area contributed by atoms with Crippen LogP contribution in [0.25, 0.3) is 10.9 Å². The zero-order valence-electron chi connectivity index (χ0n) is 19.9. The summed E-state index contributed by atoms with van der Waals surface area (Å²) in [7, 11) is 1.52. The van der Waals surface area contributed by atoms with Gasteiger partial charge in [-0.15, -0.1) is 0 Å². The number of carbonyl (C=O) groups excluding carboxylic acids is 1. The van der Waals surface area contributed by atoms with Crippen molar-refractivity contribution < 1.29 is 14.3 Å². The zero-order valence-corrected chi connectivity index (χ0v) is 19.9. The van der Waals surface area contributed by atoms with Crippen molar-refractivity contribution in [1.82, 2.24) is 14.9 Å². The van der Waals surface area contributed by atoms with Crippen molar-refractivity contribution in [3.05, 3.63) is 63.2 Å². The number of nitrogens with one attached hydrogen (secondary N) is 2. The number of aromatic amines is 1. The van der Waals surface area contributed by atoms with Gasteiger partial charge < -0.3 is 24.3 Å². The average Bonchev–Trinajstić information content (AvgIpc) is 3.09. The highest BCUT2D eigenvalue weighted by atomic mass is 16.5. The Morgan fingerprint density at radius 1 is 1.27 bits per heavy atom. The summed E-state index contributed by atoms with van der Waals surface area (Å²) < 4.78 is 13.2. The van der Waals surface area contributed by atoms with E-state index in [9.17, 15) is 9.59 Å². The predicted molar refractivity (Wildman–Crippen MR) is 129 cm³/mol. The standard InChI is InChI=1S/C26H33N3O4/c1-16(19-9-11-33-12-10-19)15-29-18(3)24(20-7-5-6-8-22(20)29)26(31)27-14-21-23(32-4)13-17(2)28-25(21)30/h5-8,13,16,19H,9-12,14-15H2,1-4H3,(H,27,31)(H,28,30). The fourth-order valence-electron chi connectivity index (χ4n) is 4.97. The van der Waals surface area contributed by atoms with Gasteiger partial charge in [0, 0.05) is 42.0 Å². The van der Waals surface area contributed by atoms with Gasteiger partial charge in [-0.2, -0.15) is 0 Å². The summed E-state index contributed by atoms with van der Waals surface area (Å²) in [5.74, 6) is 1.39. The molecule has 176 valence electrons. The molecule has 1 aromatic carbocycles. The number of pyridine rings is 1. The van der Waals surface area contributed by atoms with Crippen LogP contribution in [0, 0.1) is 25.7 Å². The highest BCUT2D eigenvalue weighted by Crippen LogP contribution is 2.30. The summed E-state index contributed by atoms with van der Waals surface area (Å²) >= 11 is 0. The number of aryl methyl sites for hydroxylation is 1. The number of aromatic nitrogens is 2. The van der Waals surface area contributed by atoms with Gasteiger partial charge in [0.15, 0.2) is 0 Å². The van der Waals surface area contributed by atoms with E-state index < -0.39 is 0 Å². The van der Waals surface area contributed by atoms with Gasteiger partial charge in [0.25, 0.3) is 11.5 Å². The normalized spacial score (nSPS) is 15.5. The number of H-pyrrole nitrogens is 1. The van der Waals surface area contributed by atoms with Gasteiger partial charge in [0.2, 0.25) is 0 Å². The minimum absolute atomic E-state index is 0.0923. The second kappa shape index (κ2) is 9.83. The molecule has 0 radical (unpaired) electrons. The molecule has 2 N–H and O–H groups in total. The van der Waals surface area contributed by atoms with Crippen molar-refractivity contribution in [3.63, 3.8) is 0 Å². The summed E-state index contributed by atoms with van der Waals surface area (Å²) in [6.45, 7) is 8.70. The first-order valence-corrected chi connectivity index (χ1v) is 11.6. The summed E-state index contributed by atoms with van der Waals surface area (Å²) in [6, 6.07) is 9.79. The zero-order chi connectivity index (χ0) is 23.5. The Morgan fingerprint density at radius 2 is 2.00 bits per heavy atom. The molecule has 1 aliphatic rings. The number of ether oxygens (including phenoxy) is 2. The molecule has 0 saturated carbocycles. The maximum absolute atomic E-state index is 13.3. The maximum Gasteiger partial charge on any atom is 0.256 e. The van der Waals surface area contributed by atoms with Gasteiger partial charge in [-0.3, -0.25) is 9.59 Å². The molecule has 1 fully saturated rings. The highest BCUT2D eigenvalue weighted by Gasteiger charge is 2.25. The molecule has 0 spiro atoms. The summed E-state index contributed by atoms with van der Waals surface area (Å²) in [4.78, 5) is 28.5. The molecule has 0 bridgehead atoms. The summed E-state index contributed by atoms with van der Waals surface area (Å²) in [6.07, 6.45) is 2.17. The van der Waals surface area contributed by atoms with Crippen LogP contribution in [-0.2, 0) is 17.8 Å². The lowest BCUT2D eigenvalue weighted by atomic mass is 9.87. The molecule has 1 aliphatic heterocycles. The van der Waals surface area contributed by atoms with Gasteiger partial charge in [-0.05, 0) is 50.7 Å². The van der Waals surface area contributed by atoms with Crippen LogP contribution < -0.4 is 15.6 Å². The van der Waals surface area contributed by atoms with Crippen molar-refractivity contribution in [1.29, 1.82) is 0 Å². The first kappa shape index (κ1) is 23.1. The van der Waals surface area contributed by atoms with Crippen LogP contribution in [0.15, 0.2) is 35.1 Å². The van der Waals surface area contributed by atoms with Gasteiger partial charge in [0.05, 0.1) is 24.8 Å². The lowest BCUT2D eigenvalue weighted by Crippen LogP contribution is -2.28. The fraction of sp³-hybridized carbons (Fsp3) is 0.462. The average molecular weight is 452 g/mol. The van der Waals surface area contributed by atoms with Gasteiger partial charge in [0.1, 0.15) is 5.75 Å². The Labute approximate surface area is 194 Å². The van der Waals surface area contributed by atoms with Crippen molar-refractivity contribution in [3.8, 4) is 5.75 Å². The van der Waals surface area contributed by atoms with E-state index in [1.54, 1.807) is 13.0 Å². The van der Waals surface area contributed by atoms with E-state index in [1.807, 2.05) is 25.1 Å². The third kappa shape index (κ3) is 4.69. The molecule has 2 aromatic heterocycles. The number of rotatable bonds is 7. The quantitative estimate of drug-likeness (QED) is 0.570. The molecule has 1 unspecified atom stereocenters. The summed E-state index contributed by atoms with van der Waals surface area (Å²) in [5.41, 5.74) is 3.53. The van der Waals surface area contributed by atoms with Crippen molar-refractivity contribution in [2.24, 2.45) is 11.8 Å². The van der Waals surface area contributed by atoms with E-state index in [0.717, 1.165) is 49.2 Å². The molecule has 3 heterocycles. The molecule has 1 saturated heterocycles. The lowest BCUT2D eigenvalue weighted by molar-refractivity contribution is 0.0468. The van der Waals surface area contributed by atoms with Crippen molar-refractivity contribution in [2.75, 3.05) is 20.3 Å². The van der Waals surface area contributed by atoms with Gasteiger partial charge >= 0.3 is 0 Å². The van der Waals surface area contributed by atoms with Crippen molar-refractivity contribution >= 4 is 16.8 Å². The Bertz CT molecular complexity index is 1200. The number of methoxy groups -OCH3 is 1. The molecular weight excluding hydrogens is 418 g/mol. The number of nitrogens with zero attached hydrogens (tertiary/aromatic N) is 1. The lowest BCUT2D eigenvalue weighted by Gasteiger charge is -2.28. The first-order chi connectivity index (χ1) is 15.9. The second-order valence-corrected chi connectivity index (χ2v) is 9.03. The van der Waals surface area contributed by atoms with Crippen LogP contribution in [0.1, 0.15) is 47.1 Å². The van der Waals surface area contributed by atoms with Crippen LogP contribution in [0.2, 0.25) is 0 Å². The minimum atomic E-state index is -0.253. The predicted octanol–water partition coefficient (Wildman–Crippen LogP) is 3.95.